The second-order valence-electron chi connectivity index (χ2n) is 5.76. The van der Waals surface area contributed by atoms with Crippen LogP contribution in [0.25, 0.3) is 0 Å². The van der Waals surface area contributed by atoms with E-state index in [1.165, 1.54) is 22.3 Å². The average molecular weight is 277 g/mol. The fraction of sp³-hybridized carbons (Fsp3) is 0.647. The van der Waals surface area contributed by atoms with E-state index >= 15 is 0 Å². The molecule has 114 valence electrons. The number of hydrazine groups is 1. The van der Waals surface area contributed by atoms with Gasteiger partial charge in [-0.15, -0.1) is 0 Å². The van der Waals surface area contributed by atoms with Gasteiger partial charge >= 0.3 is 0 Å². The minimum absolute atomic E-state index is 0.343. The molecule has 0 radical (unpaired) electrons. The second kappa shape index (κ2) is 8.40. The molecule has 1 aromatic rings. The van der Waals surface area contributed by atoms with Gasteiger partial charge in [0.25, 0.3) is 0 Å². The number of hydrogen-bond acceptors (Lipinski definition) is 3. The Bertz CT molecular complexity index is 388. The lowest BCUT2D eigenvalue weighted by molar-refractivity contribution is 0.280. The van der Waals surface area contributed by atoms with Crippen LogP contribution in [0.4, 0.5) is 0 Å². The van der Waals surface area contributed by atoms with Gasteiger partial charge in [0.05, 0.1) is 0 Å². The largest absolute Gasteiger partial charge is 0.304 e. The minimum Gasteiger partial charge on any atom is -0.304 e. The molecular formula is C17H31N3. The van der Waals surface area contributed by atoms with Crippen molar-refractivity contribution in [2.45, 2.75) is 53.5 Å². The SMILES string of the molecule is CCN(CC)CCC(Cc1c(C)cc(C)cc1C)NN. The Labute approximate surface area is 124 Å². The van der Waals surface area contributed by atoms with E-state index < -0.39 is 0 Å². The predicted molar refractivity (Wildman–Crippen MR) is 87.9 cm³/mol. The van der Waals surface area contributed by atoms with E-state index in [4.69, 9.17) is 5.84 Å². The number of aryl methyl sites for hydroxylation is 3. The van der Waals surface area contributed by atoms with Crippen molar-refractivity contribution in [1.29, 1.82) is 0 Å². The maximum absolute atomic E-state index is 5.75. The molecule has 1 unspecified atom stereocenters. The molecule has 3 nitrogen and oxygen atoms in total. The molecule has 1 atom stereocenters. The van der Waals surface area contributed by atoms with E-state index in [1.807, 2.05) is 0 Å². The molecule has 0 amide bonds. The van der Waals surface area contributed by atoms with Crippen molar-refractivity contribution >= 4 is 0 Å². The molecule has 0 aliphatic heterocycles. The summed E-state index contributed by atoms with van der Waals surface area (Å²) in [6.45, 7) is 14.3. The molecule has 0 spiro atoms. The van der Waals surface area contributed by atoms with E-state index in [0.29, 0.717) is 6.04 Å². The van der Waals surface area contributed by atoms with Crippen LogP contribution in [0.1, 0.15) is 42.5 Å². The Morgan fingerprint density at radius 3 is 2.10 bits per heavy atom. The summed E-state index contributed by atoms with van der Waals surface area (Å²) >= 11 is 0. The topological polar surface area (TPSA) is 41.3 Å². The first-order chi connectivity index (χ1) is 9.51. The normalized spacial score (nSPS) is 12.9. The van der Waals surface area contributed by atoms with Crippen molar-refractivity contribution in [3.63, 3.8) is 0 Å². The third kappa shape index (κ3) is 4.89. The fourth-order valence-corrected chi connectivity index (χ4v) is 2.90. The van der Waals surface area contributed by atoms with Crippen LogP contribution in [-0.2, 0) is 6.42 Å². The van der Waals surface area contributed by atoms with E-state index in [0.717, 1.165) is 32.5 Å². The van der Waals surface area contributed by atoms with Crippen LogP contribution in [0.5, 0.6) is 0 Å². The number of nitrogens with one attached hydrogen (secondary N) is 1. The highest BCUT2D eigenvalue weighted by Crippen LogP contribution is 2.18. The van der Waals surface area contributed by atoms with Crippen molar-refractivity contribution < 1.29 is 0 Å². The van der Waals surface area contributed by atoms with Gasteiger partial charge in [-0.2, -0.15) is 0 Å². The smallest absolute Gasteiger partial charge is 0.0263 e. The van der Waals surface area contributed by atoms with Gasteiger partial charge < -0.3 is 4.90 Å². The fourth-order valence-electron chi connectivity index (χ4n) is 2.90. The molecule has 0 saturated heterocycles. The predicted octanol–water partition coefficient (Wildman–Crippen LogP) is 2.72. The van der Waals surface area contributed by atoms with Crippen LogP contribution < -0.4 is 11.3 Å². The van der Waals surface area contributed by atoms with Gasteiger partial charge in [0.15, 0.2) is 0 Å². The minimum atomic E-state index is 0.343. The lowest BCUT2D eigenvalue weighted by Gasteiger charge is -2.23. The molecule has 0 saturated carbocycles. The van der Waals surface area contributed by atoms with Crippen molar-refractivity contribution in [3.05, 3.63) is 34.4 Å². The van der Waals surface area contributed by atoms with Crippen molar-refractivity contribution in [3.8, 4) is 0 Å². The van der Waals surface area contributed by atoms with Crippen LogP contribution in [-0.4, -0.2) is 30.6 Å². The van der Waals surface area contributed by atoms with Gasteiger partial charge in [0.1, 0.15) is 0 Å². The molecule has 3 N–H and O–H groups in total. The van der Waals surface area contributed by atoms with Crippen molar-refractivity contribution in [1.82, 2.24) is 10.3 Å². The first kappa shape index (κ1) is 17.2. The van der Waals surface area contributed by atoms with Gasteiger partial charge in [-0.1, -0.05) is 31.5 Å². The van der Waals surface area contributed by atoms with Gasteiger partial charge in [-0.05, 0) is 69.9 Å². The second-order valence-corrected chi connectivity index (χ2v) is 5.76. The Morgan fingerprint density at radius 1 is 1.10 bits per heavy atom. The summed E-state index contributed by atoms with van der Waals surface area (Å²) in [5.74, 6) is 5.75. The zero-order valence-corrected chi connectivity index (χ0v) is 13.8. The molecule has 20 heavy (non-hydrogen) atoms. The zero-order valence-electron chi connectivity index (χ0n) is 13.8. The van der Waals surface area contributed by atoms with Crippen LogP contribution >= 0.6 is 0 Å². The van der Waals surface area contributed by atoms with Gasteiger partial charge in [0.2, 0.25) is 0 Å². The molecule has 0 aliphatic carbocycles. The standard InChI is InChI=1S/C17H31N3/c1-6-20(7-2)9-8-16(19-18)12-17-14(4)10-13(3)11-15(17)5/h10-11,16,19H,6-9,12,18H2,1-5H3. The summed E-state index contributed by atoms with van der Waals surface area (Å²) in [7, 11) is 0. The highest BCUT2D eigenvalue weighted by molar-refractivity contribution is 5.38. The highest BCUT2D eigenvalue weighted by Gasteiger charge is 2.13. The molecule has 0 bridgehead atoms. The molecule has 0 heterocycles. The molecule has 3 heteroatoms. The Hall–Kier alpha value is -0.900. The van der Waals surface area contributed by atoms with E-state index in [9.17, 15) is 0 Å². The number of rotatable bonds is 8. The van der Waals surface area contributed by atoms with Crippen LogP contribution in [0, 0.1) is 20.8 Å². The van der Waals surface area contributed by atoms with Crippen LogP contribution in [0.15, 0.2) is 12.1 Å². The number of benzene rings is 1. The van der Waals surface area contributed by atoms with Crippen LogP contribution in [0.3, 0.4) is 0 Å². The van der Waals surface area contributed by atoms with E-state index in [2.05, 4.69) is 57.1 Å². The third-order valence-corrected chi connectivity index (χ3v) is 4.21. The van der Waals surface area contributed by atoms with Gasteiger partial charge in [-0.25, -0.2) is 0 Å². The lowest BCUT2D eigenvalue weighted by Crippen LogP contribution is -2.40. The van der Waals surface area contributed by atoms with Gasteiger partial charge in [-0.3, -0.25) is 11.3 Å². The number of nitrogens with zero attached hydrogens (tertiary/aromatic N) is 1. The lowest BCUT2D eigenvalue weighted by atomic mass is 9.93. The third-order valence-electron chi connectivity index (χ3n) is 4.21. The molecular weight excluding hydrogens is 246 g/mol. The zero-order chi connectivity index (χ0) is 15.1. The quantitative estimate of drug-likeness (QED) is 0.567. The number of hydrogen-bond donors (Lipinski definition) is 2. The van der Waals surface area contributed by atoms with Crippen molar-refractivity contribution in [2.24, 2.45) is 5.84 Å². The summed E-state index contributed by atoms with van der Waals surface area (Å²) < 4.78 is 0. The molecule has 1 rings (SSSR count). The summed E-state index contributed by atoms with van der Waals surface area (Å²) in [5, 5.41) is 0. The van der Waals surface area contributed by atoms with E-state index in [-0.39, 0.29) is 0 Å². The first-order valence-corrected chi connectivity index (χ1v) is 7.76. The van der Waals surface area contributed by atoms with Crippen molar-refractivity contribution in [2.75, 3.05) is 19.6 Å². The summed E-state index contributed by atoms with van der Waals surface area (Å²) in [6, 6.07) is 4.87. The Balaban J connectivity index is 2.69. The molecule has 0 aromatic heterocycles. The van der Waals surface area contributed by atoms with Gasteiger partial charge in [0, 0.05) is 6.04 Å². The van der Waals surface area contributed by atoms with Crippen LogP contribution in [0.2, 0.25) is 0 Å². The van der Waals surface area contributed by atoms with E-state index in [1.54, 1.807) is 0 Å². The Kier molecular flexibility index (Phi) is 7.20. The first-order valence-electron chi connectivity index (χ1n) is 7.76. The molecule has 1 aromatic carbocycles. The summed E-state index contributed by atoms with van der Waals surface area (Å²) in [6.07, 6.45) is 2.10. The summed E-state index contributed by atoms with van der Waals surface area (Å²) in [4.78, 5) is 2.44. The Morgan fingerprint density at radius 2 is 1.65 bits per heavy atom. The molecule has 0 aliphatic rings. The summed E-state index contributed by atoms with van der Waals surface area (Å²) in [5.41, 5.74) is 8.54. The average Bonchev–Trinajstić information content (AvgIpc) is 2.41. The number of nitrogens with two attached hydrogens (primary N) is 1. The maximum Gasteiger partial charge on any atom is 0.0263 e. The molecule has 0 fully saturated rings. The monoisotopic (exact) mass is 277 g/mol. The highest BCUT2D eigenvalue weighted by atomic mass is 15.2. The maximum atomic E-state index is 5.75.